The number of thiazole rings is 1. The van der Waals surface area contributed by atoms with Crippen LogP contribution in [0.5, 0.6) is 0 Å². The van der Waals surface area contributed by atoms with Crippen molar-refractivity contribution < 1.29 is 0 Å². The molecular formula is C15H18N2S. The van der Waals surface area contributed by atoms with E-state index in [0.717, 1.165) is 17.8 Å². The molecule has 0 radical (unpaired) electrons. The lowest BCUT2D eigenvalue weighted by atomic mass is 9.79. The highest BCUT2D eigenvalue weighted by atomic mass is 32.1. The predicted octanol–water partition coefficient (Wildman–Crippen LogP) is 3.63. The fourth-order valence-electron chi connectivity index (χ4n) is 2.55. The molecule has 0 spiro atoms. The van der Waals surface area contributed by atoms with E-state index in [9.17, 15) is 0 Å². The van der Waals surface area contributed by atoms with Gasteiger partial charge in [0.1, 0.15) is 5.01 Å². The fourth-order valence-corrected chi connectivity index (χ4v) is 3.55. The smallest absolute Gasteiger partial charge is 0.123 e. The quantitative estimate of drug-likeness (QED) is 0.893. The number of benzene rings is 1. The van der Waals surface area contributed by atoms with E-state index in [0.29, 0.717) is 12.0 Å². The molecule has 0 atom stereocenters. The Morgan fingerprint density at radius 2 is 2.06 bits per heavy atom. The molecule has 3 rings (SSSR count). The van der Waals surface area contributed by atoms with E-state index in [1.54, 1.807) is 11.3 Å². The zero-order valence-corrected chi connectivity index (χ0v) is 11.6. The van der Waals surface area contributed by atoms with E-state index in [2.05, 4.69) is 37.4 Å². The summed E-state index contributed by atoms with van der Waals surface area (Å²) >= 11 is 1.75. The van der Waals surface area contributed by atoms with Crippen LogP contribution in [0, 0.1) is 13.8 Å². The Morgan fingerprint density at radius 1 is 1.28 bits per heavy atom. The molecule has 3 heteroatoms. The summed E-state index contributed by atoms with van der Waals surface area (Å²) in [6.07, 6.45) is 2.19. The van der Waals surface area contributed by atoms with Gasteiger partial charge in [-0.2, -0.15) is 0 Å². The lowest BCUT2D eigenvalue weighted by Crippen LogP contribution is -2.34. The largest absolute Gasteiger partial charge is 0.328 e. The molecule has 1 fully saturated rings. The molecule has 0 saturated heterocycles. The summed E-state index contributed by atoms with van der Waals surface area (Å²) in [6.45, 7) is 4.28. The summed E-state index contributed by atoms with van der Waals surface area (Å²) in [5, 5.41) is 3.34. The Hall–Kier alpha value is -1.19. The standard InChI is InChI=1S/C15H18N2S/c1-9-3-4-13(10(2)5-9)15-17-14(8-18-15)11-6-12(16)7-11/h3-5,8,11-12H,6-7,16H2,1-2H3. The van der Waals surface area contributed by atoms with Crippen molar-refractivity contribution in [2.45, 2.75) is 38.6 Å². The van der Waals surface area contributed by atoms with Gasteiger partial charge in [-0.15, -0.1) is 11.3 Å². The third kappa shape index (κ3) is 2.08. The van der Waals surface area contributed by atoms with Gasteiger partial charge in [-0.25, -0.2) is 4.98 Å². The average molecular weight is 258 g/mol. The summed E-state index contributed by atoms with van der Waals surface area (Å²) in [7, 11) is 0. The average Bonchev–Trinajstić information content (AvgIpc) is 2.73. The molecule has 0 amide bonds. The Bertz CT molecular complexity index is 568. The minimum absolute atomic E-state index is 0.390. The molecule has 1 aliphatic carbocycles. The van der Waals surface area contributed by atoms with E-state index in [1.165, 1.54) is 22.4 Å². The Kier molecular flexibility index (Phi) is 2.96. The van der Waals surface area contributed by atoms with Crippen molar-refractivity contribution in [3.63, 3.8) is 0 Å². The van der Waals surface area contributed by atoms with Gasteiger partial charge < -0.3 is 5.73 Å². The van der Waals surface area contributed by atoms with Gasteiger partial charge in [-0.1, -0.05) is 23.8 Å². The lowest BCUT2D eigenvalue weighted by Gasteiger charge is -2.30. The van der Waals surface area contributed by atoms with Crippen molar-refractivity contribution in [1.82, 2.24) is 4.98 Å². The van der Waals surface area contributed by atoms with Crippen molar-refractivity contribution in [3.05, 3.63) is 40.4 Å². The summed E-state index contributed by atoms with van der Waals surface area (Å²) in [6, 6.07) is 6.94. The Labute approximate surface area is 112 Å². The number of nitrogens with two attached hydrogens (primary N) is 1. The first kappa shape index (κ1) is 11.9. The van der Waals surface area contributed by atoms with Gasteiger partial charge in [0.05, 0.1) is 5.69 Å². The second-order valence-electron chi connectivity index (χ2n) is 5.32. The topological polar surface area (TPSA) is 38.9 Å². The molecule has 1 heterocycles. The van der Waals surface area contributed by atoms with Crippen molar-refractivity contribution in [2.24, 2.45) is 5.73 Å². The second-order valence-corrected chi connectivity index (χ2v) is 6.18. The number of hydrogen-bond acceptors (Lipinski definition) is 3. The van der Waals surface area contributed by atoms with Crippen LogP contribution < -0.4 is 5.73 Å². The molecule has 2 nitrogen and oxygen atoms in total. The minimum atomic E-state index is 0.390. The molecule has 94 valence electrons. The van der Waals surface area contributed by atoms with E-state index in [4.69, 9.17) is 10.7 Å². The van der Waals surface area contributed by atoms with Gasteiger partial charge in [0, 0.05) is 22.9 Å². The lowest BCUT2D eigenvalue weighted by molar-refractivity contribution is 0.346. The molecule has 2 aromatic rings. The third-order valence-corrected chi connectivity index (χ3v) is 4.62. The van der Waals surface area contributed by atoms with Crippen LogP contribution in [0.4, 0.5) is 0 Å². The zero-order chi connectivity index (χ0) is 12.7. The molecule has 0 bridgehead atoms. The summed E-state index contributed by atoms with van der Waals surface area (Å²) in [5.41, 5.74) is 10.9. The molecule has 0 aliphatic heterocycles. The van der Waals surface area contributed by atoms with Gasteiger partial charge in [-0.3, -0.25) is 0 Å². The fraction of sp³-hybridized carbons (Fsp3) is 0.400. The Morgan fingerprint density at radius 3 is 2.72 bits per heavy atom. The highest BCUT2D eigenvalue weighted by Crippen LogP contribution is 2.38. The van der Waals surface area contributed by atoms with Gasteiger partial charge in [0.15, 0.2) is 0 Å². The molecule has 1 aromatic carbocycles. The highest BCUT2D eigenvalue weighted by molar-refractivity contribution is 7.13. The van der Waals surface area contributed by atoms with Crippen LogP contribution in [0.15, 0.2) is 23.6 Å². The maximum atomic E-state index is 5.84. The summed E-state index contributed by atoms with van der Waals surface area (Å²) in [5.74, 6) is 0.593. The monoisotopic (exact) mass is 258 g/mol. The molecule has 1 saturated carbocycles. The summed E-state index contributed by atoms with van der Waals surface area (Å²) in [4.78, 5) is 4.79. The first-order valence-corrected chi connectivity index (χ1v) is 7.30. The van der Waals surface area contributed by atoms with E-state index >= 15 is 0 Å². The maximum Gasteiger partial charge on any atom is 0.123 e. The second kappa shape index (κ2) is 4.48. The molecule has 2 N–H and O–H groups in total. The van der Waals surface area contributed by atoms with Crippen LogP contribution in [0.25, 0.3) is 10.6 Å². The van der Waals surface area contributed by atoms with Crippen LogP contribution >= 0.6 is 11.3 Å². The first-order valence-electron chi connectivity index (χ1n) is 6.42. The number of aromatic nitrogens is 1. The number of hydrogen-bond donors (Lipinski definition) is 1. The van der Waals surface area contributed by atoms with Gasteiger partial charge >= 0.3 is 0 Å². The van der Waals surface area contributed by atoms with Crippen LogP contribution in [0.1, 0.15) is 35.6 Å². The van der Waals surface area contributed by atoms with E-state index < -0.39 is 0 Å². The molecular weight excluding hydrogens is 240 g/mol. The number of aryl methyl sites for hydroxylation is 2. The van der Waals surface area contributed by atoms with Crippen molar-refractivity contribution in [1.29, 1.82) is 0 Å². The number of nitrogens with zero attached hydrogens (tertiary/aromatic N) is 1. The van der Waals surface area contributed by atoms with E-state index in [1.807, 2.05) is 0 Å². The minimum Gasteiger partial charge on any atom is -0.328 e. The van der Waals surface area contributed by atoms with Gasteiger partial charge in [0.25, 0.3) is 0 Å². The van der Waals surface area contributed by atoms with Crippen LogP contribution in [-0.4, -0.2) is 11.0 Å². The number of rotatable bonds is 2. The highest BCUT2D eigenvalue weighted by Gasteiger charge is 2.29. The van der Waals surface area contributed by atoms with Crippen LogP contribution in [0.2, 0.25) is 0 Å². The molecule has 18 heavy (non-hydrogen) atoms. The van der Waals surface area contributed by atoms with Crippen molar-refractivity contribution in [3.8, 4) is 10.6 Å². The van der Waals surface area contributed by atoms with Crippen molar-refractivity contribution in [2.75, 3.05) is 0 Å². The van der Waals surface area contributed by atoms with Gasteiger partial charge in [-0.05, 0) is 32.3 Å². The molecule has 0 unspecified atom stereocenters. The normalized spacial score (nSPS) is 22.8. The first-order chi connectivity index (χ1) is 8.63. The SMILES string of the molecule is Cc1ccc(-c2nc(C3CC(N)C3)cs2)c(C)c1. The molecule has 1 aliphatic rings. The molecule has 1 aromatic heterocycles. The summed E-state index contributed by atoms with van der Waals surface area (Å²) < 4.78 is 0. The Balaban J connectivity index is 1.88. The zero-order valence-electron chi connectivity index (χ0n) is 10.8. The van der Waals surface area contributed by atoms with Crippen LogP contribution in [0.3, 0.4) is 0 Å². The van der Waals surface area contributed by atoms with Gasteiger partial charge in [0.2, 0.25) is 0 Å². The predicted molar refractivity (Wildman–Crippen MR) is 77.0 cm³/mol. The third-order valence-electron chi connectivity index (χ3n) is 3.73. The maximum absolute atomic E-state index is 5.84. The van der Waals surface area contributed by atoms with Crippen LogP contribution in [-0.2, 0) is 0 Å². The van der Waals surface area contributed by atoms with E-state index in [-0.39, 0.29) is 0 Å². The van der Waals surface area contributed by atoms with Crippen molar-refractivity contribution >= 4 is 11.3 Å².